The lowest BCUT2D eigenvalue weighted by Gasteiger charge is -2.09. The molecule has 0 amide bonds. The van der Waals surface area contributed by atoms with E-state index in [1.165, 1.54) is 6.42 Å². The second kappa shape index (κ2) is 1.97. The lowest BCUT2D eigenvalue weighted by Crippen LogP contribution is -2.07. The molecule has 1 heteroatoms. The second-order valence-corrected chi connectivity index (χ2v) is 4.28. The van der Waals surface area contributed by atoms with E-state index in [2.05, 4.69) is 27.7 Å². The molecule has 0 saturated heterocycles. The molecule has 0 aromatic heterocycles. The molecule has 2 N–H and O–H groups in total. The molecule has 0 radical (unpaired) electrons. The van der Waals surface area contributed by atoms with E-state index in [-0.39, 0.29) is 0 Å². The van der Waals surface area contributed by atoms with E-state index >= 15 is 0 Å². The van der Waals surface area contributed by atoms with Crippen molar-refractivity contribution in [3.8, 4) is 0 Å². The zero-order valence-electron chi connectivity index (χ0n) is 7.57. The van der Waals surface area contributed by atoms with Gasteiger partial charge in [0.1, 0.15) is 0 Å². The van der Waals surface area contributed by atoms with Crippen molar-refractivity contribution in [2.45, 2.75) is 34.1 Å². The van der Waals surface area contributed by atoms with Gasteiger partial charge in [0.15, 0.2) is 0 Å². The molecule has 1 saturated carbocycles. The number of hydrogen-bond donors (Lipinski definition) is 1. The zero-order chi connectivity index (χ0) is 7.99. The van der Waals surface area contributed by atoms with Crippen LogP contribution in [0.4, 0.5) is 0 Å². The van der Waals surface area contributed by atoms with Gasteiger partial charge in [-0.3, -0.25) is 0 Å². The van der Waals surface area contributed by atoms with E-state index in [1.807, 2.05) is 0 Å². The summed E-state index contributed by atoms with van der Waals surface area (Å²) in [5, 5.41) is 0. The van der Waals surface area contributed by atoms with Gasteiger partial charge in [-0.05, 0) is 29.7 Å². The molecule has 2 unspecified atom stereocenters. The molecular weight excluding hydrogens is 122 g/mol. The zero-order valence-corrected chi connectivity index (χ0v) is 7.57. The molecule has 0 aromatic carbocycles. The highest BCUT2D eigenvalue weighted by molar-refractivity contribution is 5.14. The van der Waals surface area contributed by atoms with Gasteiger partial charge in [-0.2, -0.15) is 0 Å². The Morgan fingerprint density at radius 1 is 1.30 bits per heavy atom. The van der Waals surface area contributed by atoms with Crippen molar-refractivity contribution in [2.24, 2.45) is 22.5 Å². The van der Waals surface area contributed by atoms with Crippen molar-refractivity contribution >= 4 is 0 Å². The van der Waals surface area contributed by atoms with E-state index < -0.39 is 0 Å². The summed E-state index contributed by atoms with van der Waals surface area (Å²) in [6.07, 6.45) is 1.27. The lowest BCUT2D eigenvalue weighted by atomic mass is 9.96. The first-order chi connectivity index (χ1) is 4.50. The van der Waals surface area contributed by atoms with E-state index in [0.29, 0.717) is 10.8 Å². The second-order valence-electron chi connectivity index (χ2n) is 4.28. The third-order valence-corrected chi connectivity index (χ3v) is 4.00. The fourth-order valence-corrected chi connectivity index (χ4v) is 2.45. The van der Waals surface area contributed by atoms with Crippen LogP contribution in [0.15, 0.2) is 0 Å². The van der Waals surface area contributed by atoms with Crippen molar-refractivity contribution in [1.29, 1.82) is 0 Å². The molecule has 0 aliphatic heterocycles. The highest BCUT2D eigenvalue weighted by Gasteiger charge is 2.65. The summed E-state index contributed by atoms with van der Waals surface area (Å²) in [7, 11) is 0. The van der Waals surface area contributed by atoms with Gasteiger partial charge in [0.25, 0.3) is 0 Å². The summed E-state index contributed by atoms with van der Waals surface area (Å²) in [5.41, 5.74) is 6.69. The summed E-state index contributed by atoms with van der Waals surface area (Å²) in [6, 6.07) is 0. The highest BCUT2D eigenvalue weighted by Crippen LogP contribution is 2.69. The van der Waals surface area contributed by atoms with Crippen molar-refractivity contribution in [2.75, 3.05) is 6.54 Å². The van der Waals surface area contributed by atoms with Crippen LogP contribution in [0.3, 0.4) is 0 Å². The minimum atomic E-state index is 0.497. The smallest absolute Gasteiger partial charge is 0.00381 e. The molecule has 1 aliphatic carbocycles. The molecule has 10 heavy (non-hydrogen) atoms. The Balaban J connectivity index is 2.68. The summed E-state index contributed by atoms with van der Waals surface area (Å²) in [4.78, 5) is 0. The average Bonchev–Trinajstić information content (AvgIpc) is 2.29. The minimum Gasteiger partial charge on any atom is -0.330 e. The van der Waals surface area contributed by atoms with Gasteiger partial charge in [0.05, 0.1) is 0 Å². The summed E-state index contributed by atoms with van der Waals surface area (Å²) in [5.74, 6) is 0.755. The molecule has 1 aliphatic rings. The van der Waals surface area contributed by atoms with Gasteiger partial charge in [-0.25, -0.2) is 0 Å². The maximum absolute atomic E-state index is 5.66. The van der Waals surface area contributed by atoms with Crippen LogP contribution in [0.25, 0.3) is 0 Å². The van der Waals surface area contributed by atoms with Crippen LogP contribution in [0.5, 0.6) is 0 Å². The van der Waals surface area contributed by atoms with Gasteiger partial charge >= 0.3 is 0 Å². The maximum Gasteiger partial charge on any atom is -0.00381 e. The molecule has 60 valence electrons. The monoisotopic (exact) mass is 141 g/mol. The third-order valence-electron chi connectivity index (χ3n) is 4.00. The average molecular weight is 141 g/mol. The van der Waals surface area contributed by atoms with Crippen molar-refractivity contribution < 1.29 is 0 Å². The van der Waals surface area contributed by atoms with Crippen molar-refractivity contribution in [1.82, 2.24) is 0 Å². The summed E-state index contributed by atoms with van der Waals surface area (Å²) >= 11 is 0. The van der Waals surface area contributed by atoms with Gasteiger partial charge in [0, 0.05) is 0 Å². The fourth-order valence-electron chi connectivity index (χ4n) is 2.45. The predicted octanol–water partition coefficient (Wildman–Crippen LogP) is 2.02. The van der Waals surface area contributed by atoms with Crippen LogP contribution in [0.1, 0.15) is 34.1 Å². The Kier molecular flexibility index (Phi) is 1.59. The number of nitrogens with two attached hydrogens (primary N) is 1. The Labute approximate surface area is 64.0 Å². The predicted molar refractivity (Wildman–Crippen MR) is 44.7 cm³/mol. The van der Waals surface area contributed by atoms with Crippen molar-refractivity contribution in [3.63, 3.8) is 0 Å². The van der Waals surface area contributed by atoms with Gasteiger partial charge in [-0.15, -0.1) is 0 Å². The first-order valence-electron chi connectivity index (χ1n) is 4.20. The Bertz CT molecular complexity index is 140. The summed E-state index contributed by atoms with van der Waals surface area (Å²) in [6.45, 7) is 10.1. The van der Waals surface area contributed by atoms with Crippen LogP contribution in [-0.2, 0) is 0 Å². The molecule has 0 bridgehead atoms. The molecule has 0 heterocycles. The highest BCUT2D eigenvalue weighted by atomic mass is 14.8. The van der Waals surface area contributed by atoms with E-state index in [4.69, 9.17) is 5.73 Å². The molecular formula is C9H19N. The lowest BCUT2D eigenvalue weighted by molar-refractivity contribution is 0.404. The quantitative estimate of drug-likeness (QED) is 0.625. The van der Waals surface area contributed by atoms with Crippen LogP contribution in [0.2, 0.25) is 0 Å². The SMILES string of the molecule is CCC1(C)C(CN)C1(C)C. The van der Waals surface area contributed by atoms with E-state index in [9.17, 15) is 0 Å². The standard InChI is InChI=1S/C9H19N/c1-5-9(4)7(6-10)8(9,2)3/h7H,5-6,10H2,1-4H3. The largest absolute Gasteiger partial charge is 0.330 e. The molecule has 2 atom stereocenters. The maximum atomic E-state index is 5.66. The van der Waals surface area contributed by atoms with Gasteiger partial charge in [0.2, 0.25) is 0 Å². The third kappa shape index (κ3) is 0.672. The topological polar surface area (TPSA) is 26.0 Å². The molecule has 0 spiro atoms. The first-order valence-corrected chi connectivity index (χ1v) is 4.20. The van der Waals surface area contributed by atoms with Crippen LogP contribution >= 0.6 is 0 Å². The van der Waals surface area contributed by atoms with Crippen LogP contribution < -0.4 is 5.73 Å². The Morgan fingerprint density at radius 3 is 1.90 bits per heavy atom. The normalized spacial score (nSPS) is 43.5. The Morgan fingerprint density at radius 2 is 1.80 bits per heavy atom. The first kappa shape index (κ1) is 8.06. The number of rotatable bonds is 2. The molecule has 1 fully saturated rings. The molecule has 1 nitrogen and oxygen atoms in total. The van der Waals surface area contributed by atoms with E-state index in [1.54, 1.807) is 0 Å². The number of hydrogen-bond acceptors (Lipinski definition) is 1. The van der Waals surface area contributed by atoms with Crippen LogP contribution in [-0.4, -0.2) is 6.54 Å². The van der Waals surface area contributed by atoms with Crippen LogP contribution in [0, 0.1) is 16.7 Å². The van der Waals surface area contributed by atoms with E-state index in [0.717, 1.165) is 12.5 Å². The van der Waals surface area contributed by atoms with Gasteiger partial charge < -0.3 is 5.73 Å². The fraction of sp³-hybridized carbons (Fsp3) is 1.00. The van der Waals surface area contributed by atoms with Crippen molar-refractivity contribution in [3.05, 3.63) is 0 Å². The summed E-state index contributed by atoms with van der Waals surface area (Å²) < 4.78 is 0. The van der Waals surface area contributed by atoms with Gasteiger partial charge in [-0.1, -0.05) is 27.7 Å². The molecule has 1 rings (SSSR count). The Hall–Kier alpha value is -0.0400. The molecule has 0 aromatic rings. The minimum absolute atomic E-state index is 0.497.